The Morgan fingerprint density at radius 2 is 1.88 bits per heavy atom. The van der Waals surface area contributed by atoms with E-state index in [0.29, 0.717) is 25.9 Å². The van der Waals surface area contributed by atoms with Gasteiger partial charge in [0.2, 0.25) is 5.91 Å². The van der Waals surface area contributed by atoms with Gasteiger partial charge in [-0.1, -0.05) is 6.42 Å². The molecule has 0 saturated carbocycles. The van der Waals surface area contributed by atoms with Crippen LogP contribution < -0.4 is 5.32 Å². The van der Waals surface area contributed by atoms with Gasteiger partial charge in [-0.3, -0.25) is 4.79 Å². The summed E-state index contributed by atoms with van der Waals surface area (Å²) >= 11 is 0. The number of nitrogens with zero attached hydrogens (tertiary/aromatic N) is 3. The van der Waals surface area contributed by atoms with E-state index >= 15 is 0 Å². The van der Waals surface area contributed by atoms with E-state index in [2.05, 4.69) is 5.32 Å². The Kier molecular flexibility index (Phi) is 6.06. The van der Waals surface area contributed by atoms with Gasteiger partial charge in [0, 0.05) is 13.1 Å². The third-order valence-corrected chi connectivity index (χ3v) is 2.91. The first kappa shape index (κ1) is 13.5. The largest absolute Gasteiger partial charge is 0.339 e. The Balaban J connectivity index is 2.51. The highest BCUT2D eigenvalue weighted by molar-refractivity contribution is 5.82. The maximum absolute atomic E-state index is 12.2. The lowest BCUT2D eigenvalue weighted by Gasteiger charge is -2.29. The van der Waals surface area contributed by atoms with E-state index in [1.54, 1.807) is 4.90 Å². The number of nitrogens with one attached hydrogen (secondary N) is 1. The van der Waals surface area contributed by atoms with Gasteiger partial charge in [0.05, 0.1) is 31.0 Å². The van der Waals surface area contributed by atoms with E-state index in [9.17, 15) is 4.79 Å². The second-order valence-electron chi connectivity index (χ2n) is 4.14. The predicted octanol–water partition coefficient (Wildman–Crippen LogP) is 0.784. The Bertz CT molecular complexity index is 304. The Hall–Kier alpha value is -1.59. The van der Waals surface area contributed by atoms with Crippen molar-refractivity contribution in [2.75, 3.05) is 19.6 Å². The molecule has 0 aromatic rings. The van der Waals surface area contributed by atoms with Crippen molar-refractivity contribution in [3.63, 3.8) is 0 Å². The summed E-state index contributed by atoms with van der Waals surface area (Å²) in [5, 5.41) is 20.3. The maximum Gasteiger partial charge on any atom is 0.239 e. The van der Waals surface area contributed by atoms with Crippen molar-refractivity contribution in [1.82, 2.24) is 10.2 Å². The second kappa shape index (κ2) is 7.65. The van der Waals surface area contributed by atoms with Crippen LogP contribution in [0.5, 0.6) is 0 Å². The quantitative estimate of drug-likeness (QED) is 0.762. The number of carbonyl (C=O) groups is 1. The number of rotatable bonds is 5. The Morgan fingerprint density at radius 1 is 1.24 bits per heavy atom. The predicted molar refractivity (Wildman–Crippen MR) is 62.7 cm³/mol. The van der Waals surface area contributed by atoms with Crippen LogP contribution in [-0.4, -0.2) is 36.5 Å². The van der Waals surface area contributed by atoms with E-state index in [4.69, 9.17) is 10.5 Å². The standard InChI is InChI=1S/C12H18N4O/c13-6-3-9-16(10-4-7-14)12(17)11-5-1-2-8-15-11/h11,15H,1-5,8-10H2/t11-/m1/s1. The van der Waals surface area contributed by atoms with E-state index in [1.165, 1.54) is 0 Å². The summed E-state index contributed by atoms with van der Waals surface area (Å²) in [5.41, 5.74) is 0. The molecule has 5 nitrogen and oxygen atoms in total. The molecule has 0 radical (unpaired) electrons. The molecule has 1 atom stereocenters. The number of piperidine rings is 1. The molecule has 0 aromatic carbocycles. The Labute approximate surface area is 102 Å². The zero-order chi connectivity index (χ0) is 12.5. The number of carbonyl (C=O) groups excluding carboxylic acids is 1. The van der Waals surface area contributed by atoms with Gasteiger partial charge < -0.3 is 10.2 Å². The van der Waals surface area contributed by atoms with Crippen LogP contribution in [0.15, 0.2) is 0 Å². The van der Waals surface area contributed by atoms with Crippen LogP contribution in [0, 0.1) is 22.7 Å². The molecule has 1 N–H and O–H groups in total. The van der Waals surface area contributed by atoms with Gasteiger partial charge in [-0.15, -0.1) is 0 Å². The minimum absolute atomic E-state index is 0.0372. The lowest BCUT2D eigenvalue weighted by atomic mass is 10.0. The Morgan fingerprint density at radius 3 is 2.35 bits per heavy atom. The lowest BCUT2D eigenvalue weighted by Crippen LogP contribution is -2.49. The average molecular weight is 234 g/mol. The molecule has 5 heteroatoms. The summed E-state index contributed by atoms with van der Waals surface area (Å²) in [6.07, 6.45) is 3.68. The summed E-state index contributed by atoms with van der Waals surface area (Å²) in [4.78, 5) is 13.8. The van der Waals surface area contributed by atoms with Crippen molar-refractivity contribution in [2.45, 2.75) is 38.1 Å². The van der Waals surface area contributed by atoms with Crippen molar-refractivity contribution < 1.29 is 4.79 Å². The molecule has 0 unspecified atom stereocenters. The van der Waals surface area contributed by atoms with Crippen LogP contribution in [0.25, 0.3) is 0 Å². The van der Waals surface area contributed by atoms with Crippen LogP contribution in [0.4, 0.5) is 0 Å². The number of amides is 1. The number of hydrogen-bond donors (Lipinski definition) is 1. The first-order valence-corrected chi connectivity index (χ1v) is 6.05. The molecular formula is C12H18N4O. The van der Waals surface area contributed by atoms with Crippen LogP contribution in [0.1, 0.15) is 32.1 Å². The van der Waals surface area contributed by atoms with Gasteiger partial charge in [0.15, 0.2) is 0 Å². The fourth-order valence-corrected chi connectivity index (χ4v) is 1.99. The molecule has 0 aromatic heterocycles. The first-order chi connectivity index (χ1) is 8.29. The summed E-state index contributed by atoms with van der Waals surface area (Å²) in [5.74, 6) is 0.0372. The van der Waals surface area contributed by atoms with Crippen LogP contribution in [0.3, 0.4) is 0 Å². The minimum Gasteiger partial charge on any atom is -0.339 e. The van der Waals surface area contributed by atoms with Crippen molar-refractivity contribution in [3.05, 3.63) is 0 Å². The fourth-order valence-electron chi connectivity index (χ4n) is 1.99. The molecule has 1 heterocycles. The summed E-state index contributed by atoms with van der Waals surface area (Å²) < 4.78 is 0. The first-order valence-electron chi connectivity index (χ1n) is 6.05. The van der Waals surface area contributed by atoms with Crippen molar-refractivity contribution in [1.29, 1.82) is 10.5 Å². The molecule has 0 aliphatic carbocycles. The van der Waals surface area contributed by atoms with E-state index in [1.807, 2.05) is 12.1 Å². The minimum atomic E-state index is -0.124. The van der Waals surface area contributed by atoms with E-state index in [0.717, 1.165) is 25.8 Å². The molecule has 1 rings (SSSR count). The van der Waals surface area contributed by atoms with Gasteiger partial charge in [-0.2, -0.15) is 10.5 Å². The van der Waals surface area contributed by atoms with Gasteiger partial charge >= 0.3 is 0 Å². The maximum atomic E-state index is 12.2. The molecule has 92 valence electrons. The van der Waals surface area contributed by atoms with Crippen molar-refractivity contribution >= 4 is 5.91 Å². The van der Waals surface area contributed by atoms with Crippen molar-refractivity contribution in [2.24, 2.45) is 0 Å². The zero-order valence-electron chi connectivity index (χ0n) is 9.98. The molecule has 1 aliphatic heterocycles. The van der Waals surface area contributed by atoms with Crippen molar-refractivity contribution in [3.8, 4) is 12.1 Å². The number of hydrogen-bond acceptors (Lipinski definition) is 4. The lowest BCUT2D eigenvalue weighted by molar-refractivity contribution is -0.133. The van der Waals surface area contributed by atoms with Gasteiger partial charge in [-0.25, -0.2) is 0 Å². The smallest absolute Gasteiger partial charge is 0.239 e. The molecule has 17 heavy (non-hydrogen) atoms. The molecule has 1 aliphatic rings. The van der Waals surface area contributed by atoms with Crippen LogP contribution in [0.2, 0.25) is 0 Å². The molecule has 1 fully saturated rings. The third-order valence-electron chi connectivity index (χ3n) is 2.91. The van der Waals surface area contributed by atoms with E-state index in [-0.39, 0.29) is 11.9 Å². The van der Waals surface area contributed by atoms with Crippen LogP contribution in [-0.2, 0) is 4.79 Å². The molecule has 1 amide bonds. The molecule has 0 spiro atoms. The topological polar surface area (TPSA) is 79.9 Å². The molecule has 0 bridgehead atoms. The highest BCUT2D eigenvalue weighted by Crippen LogP contribution is 2.10. The average Bonchev–Trinajstić information content (AvgIpc) is 2.39. The monoisotopic (exact) mass is 234 g/mol. The van der Waals surface area contributed by atoms with Gasteiger partial charge in [0.1, 0.15) is 0 Å². The molecular weight excluding hydrogens is 216 g/mol. The SMILES string of the molecule is N#CCCN(CCC#N)C(=O)[C@H]1CCCCN1. The summed E-state index contributed by atoms with van der Waals surface area (Å²) in [6, 6.07) is 3.95. The van der Waals surface area contributed by atoms with Crippen LogP contribution >= 0.6 is 0 Å². The summed E-state index contributed by atoms with van der Waals surface area (Å²) in [7, 11) is 0. The third kappa shape index (κ3) is 4.42. The highest BCUT2D eigenvalue weighted by atomic mass is 16.2. The number of nitriles is 2. The zero-order valence-corrected chi connectivity index (χ0v) is 9.98. The van der Waals surface area contributed by atoms with Gasteiger partial charge in [0.25, 0.3) is 0 Å². The normalized spacial score (nSPS) is 19.1. The molecule has 1 saturated heterocycles. The highest BCUT2D eigenvalue weighted by Gasteiger charge is 2.24. The fraction of sp³-hybridized carbons (Fsp3) is 0.750. The second-order valence-corrected chi connectivity index (χ2v) is 4.14. The van der Waals surface area contributed by atoms with Gasteiger partial charge in [-0.05, 0) is 19.4 Å². The van der Waals surface area contributed by atoms with E-state index < -0.39 is 0 Å². The summed E-state index contributed by atoms with van der Waals surface area (Å²) in [6.45, 7) is 1.73.